The van der Waals surface area contributed by atoms with Gasteiger partial charge in [-0.05, 0) is 30.7 Å². The molecule has 1 aromatic rings. The standard InChI is InChI=1S/C14H18O2/c15-10-4-9-14(16)13-8-2-1-7-12(13)11-5-3-6-11/h1-2,7-8,11,15H,3-6,9-10H2. The second kappa shape index (κ2) is 5.26. The van der Waals surface area contributed by atoms with Crippen LogP contribution >= 0.6 is 0 Å². The molecule has 1 N–H and O–H groups in total. The molecule has 0 aliphatic heterocycles. The summed E-state index contributed by atoms with van der Waals surface area (Å²) < 4.78 is 0. The van der Waals surface area contributed by atoms with Crippen LogP contribution in [0.4, 0.5) is 0 Å². The second-order valence-electron chi connectivity index (χ2n) is 4.47. The lowest BCUT2D eigenvalue weighted by Crippen LogP contribution is -2.14. The minimum Gasteiger partial charge on any atom is -0.396 e. The summed E-state index contributed by atoms with van der Waals surface area (Å²) in [6, 6.07) is 7.94. The van der Waals surface area contributed by atoms with Crippen molar-refractivity contribution < 1.29 is 9.90 Å². The van der Waals surface area contributed by atoms with Crippen LogP contribution in [-0.4, -0.2) is 17.5 Å². The zero-order valence-electron chi connectivity index (χ0n) is 9.48. The van der Waals surface area contributed by atoms with E-state index in [1.165, 1.54) is 24.8 Å². The molecule has 0 bridgehead atoms. The quantitative estimate of drug-likeness (QED) is 0.771. The molecule has 1 fully saturated rings. The maximum Gasteiger partial charge on any atom is 0.163 e. The van der Waals surface area contributed by atoms with Gasteiger partial charge in [0.1, 0.15) is 0 Å². The molecule has 2 heteroatoms. The highest BCUT2D eigenvalue weighted by atomic mass is 16.3. The van der Waals surface area contributed by atoms with E-state index in [-0.39, 0.29) is 12.4 Å². The van der Waals surface area contributed by atoms with Crippen LogP contribution in [0.25, 0.3) is 0 Å². The van der Waals surface area contributed by atoms with E-state index in [0.29, 0.717) is 18.8 Å². The molecule has 0 unspecified atom stereocenters. The van der Waals surface area contributed by atoms with Gasteiger partial charge in [-0.1, -0.05) is 30.7 Å². The molecular weight excluding hydrogens is 200 g/mol. The minimum atomic E-state index is 0.0946. The summed E-state index contributed by atoms with van der Waals surface area (Å²) in [7, 11) is 0. The van der Waals surface area contributed by atoms with E-state index in [9.17, 15) is 4.79 Å². The van der Waals surface area contributed by atoms with Crippen LogP contribution in [0.5, 0.6) is 0 Å². The van der Waals surface area contributed by atoms with E-state index in [1.807, 2.05) is 18.2 Å². The van der Waals surface area contributed by atoms with Crippen molar-refractivity contribution in [2.24, 2.45) is 0 Å². The first-order chi connectivity index (χ1) is 7.83. The van der Waals surface area contributed by atoms with Crippen molar-refractivity contribution in [3.05, 3.63) is 35.4 Å². The van der Waals surface area contributed by atoms with Crippen LogP contribution in [-0.2, 0) is 0 Å². The molecule has 0 heterocycles. The molecule has 1 saturated carbocycles. The molecule has 16 heavy (non-hydrogen) atoms. The minimum absolute atomic E-state index is 0.0946. The third kappa shape index (κ3) is 2.33. The Morgan fingerprint density at radius 2 is 2.06 bits per heavy atom. The predicted octanol–water partition coefficient (Wildman–Crippen LogP) is 2.91. The van der Waals surface area contributed by atoms with Crippen molar-refractivity contribution in [2.75, 3.05) is 6.61 Å². The van der Waals surface area contributed by atoms with Crippen molar-refractivity contribution >= 4 is 5.78 Å². The van der Waals surface area contributed by atoms with Crippen LogP contribution in [0.2, 0.25) is 0 Å². The lowest BCUT2D eigenvalue weighted by Gasteiger charge is -2.27. The Hall–Kier alpha value is -1.15. The van der Waals surface area contributed by atoms with Gasteiger partial charge in [0.2, 0.25) is 0 Å². The van der Waals surface area contributed by atoms with Crippen molar-refractivity contribution in [3.8, 4) is 0 Å². The average molecular weight is 218 g/mol. The fourth-order valence-electron chi connectivity index (χ4n) is 2.20. The number of rotatable bonds is 5. The van der Waals surface area contributed by atoms with Crippen LogP contribution in [0, 0.1) is 0 Å². The highest BCUT2D eigenvalue weighted by Crippen LogP contribution is 2.38. The third-order valence-electron chi connectivity index (χ3n) is 3.37. The maximum absolute atomic E-state index is 12.0. The fourth-order valence-corrected chi connectivity index (χ4v) is 2.20. The molecule has 86 valence electrons. The number of Topliss-reactive ketones (excluding diaryl/α,β-unsaturated/α-hetero) is 1. The summed E-state index contributed by atoms with van der Waals surface area (Å²) >= 11 is 0. The molecule has 1 aliphatic carbocycles. The number of carbonyl (C=O) groups excluding carboxylic acids is 1. The summed E-state index contributed by atoms with van der Waals surface area (Å²) in [4.78, 5) is 12.0. The zero-order valence-corrected chi connectivity index (χ0v) is 9.48. The number of hydrogen-bond acceptors (Lipinski definition) is 2. The largest absolute Gasteiger partial charge is 0.396 e. The van der Waals surface area contributed by atoms with E-state index in [0.717, 1.165) is 5.56 Å². The Bertz CT molecular complexity index is 367. The van der Waals surface area contributed by atoms with Gasteiger partial charge in [-0.25, -0.2) is 0 Å². The van der Waals surface area contributed by atoms with Crippen molar-refractivity contribution in [1.82, 2.24) is 0 Å². The summed E-state index contributed by atoms with van der Waals surface area (Å²) in [5, 5.41) is 8.75. The second-order valence-corrected chi connectivity index (χ2v) is 4.47. The van der Waals surface area contributed by atoms with E-state index < -0.39 is 0 Å². The lowest BCUT2D eigenvalue weighted by molar-refractivity contribution is 0.0969. The number of carbonyl (C=O) groups is 1. The van der Waals surface area contributed by atoms with E-state index in [1.54, 1.807) is 0 Å². The molecule has 1 aliphatic rings. The van der Waals surface area contributed by atoms with Crippen LogP contribution in [0.1, 0.15) is 53.9 Å². The average Bonchev–Trinajstić information content (AvgIpc) is 2.24. The monoisotopic (exact) mass is 218 g/mol. The fraction of sp³-hybridized carbons (Fsp3) is 0.500. The van der Waals surface area contributed by atoms with Gasteiger partial charge in [-0.3, -0.25) is 4.79 Å². The van der Waals surface area contributed by atoms with Gasteiger partial charge in [0.15, 0.2) is 5.78 Å². The van der Waals surface area contributed by atoms with Gasteiger partial charge in [0, 0.05) is 18.6 Å². The summed E-state index contributed by atoms with van der Waals surface area (Å²) in [5.41, 5.74) is 2.09. The van der Waals surface area contributed by atoms with Gasteiger partial charge in [0.25, 0.3) is 0 Å². The Labute approximate surface area is 96.3 Å². The Kier molecular flexibility index (Phi) is 3.73. The molecule has 0 atom stereocenters. The molecule has 2 rings (SSSR count). The Morgan fingerprint density at radius 3 is 2.69 bits per heavy atom. The first-order valence-corrected chi connectivity index (χ1v) is 6.06. The van der Waals surface area contributed by atoms with Crippen molar-refractivity contribution in [2.45, 2.75) is 38.0 Å². The first kappa shape index (κ1) is 11.3. The predicted molar refractivity (Wildman–Crippen MR) is 63.7 cm³/mol. The van der Waals surface area contributed by atoms with Gasteiger partial charge in [-0.2, -0.15) is 0 Å². The van der Waals surface area contributed by atoms with E-state index in [4.69, 9.17) is 5.11 Å². The smallest absolute Gasteiger partial charge is 0.163 e. The summed E-state index contributed by atoms with van der Waals surface area (Å²) in [6.45, 7) is 0.0946. The lowest BCUT2D eigenvalue weighted by atomic mass is 9.77. The molecule has 1 aromatic carbocycles. The SMILES string of the molecule is O=C(CCCO)c1ccccc1C1CCC1. The normalized spacial score (nSPS) is 15.8. The molecule has 2 nitrogen and oxygen atoms in total. The van der Waals surface area contributed by atoms with Crippen molar-refractivity contribution in [3.63, 3.8) is 0 Å². The Balaban J connectivity index is 2.15. The summed E-state index contributed by atoms with van der Waals surface area (Å²) in [5.74, 6) is 0.769. The van der Waals surface area contributed by atoms with E-state index in [2.05, 4.69) is 6.07 Å². The molecule has 0 saturated heterocycles. The van der Waals surface area contributed by atoms with Gasteiger partial charge >= 0.3 is 0 Å². The third-order valence-corrected chi connectivity index (χ3v) is 3.37. The highest BCUT2D eigenvalue weighted by molar-refractivity contribution is 5.97. The number of aliphatic hydroxyl groups excluding tert-OH is 1. The number of hydrogen-bond donors (Lipinski definition) is 1. The molecule has 0 spiro atoms. The Morgan fingerprint density at radius 1 is 1.31 bits per heavy atom. The number of aliphatic hydroxyl groups is 1. The molecule has 0 radical (unpaired) electrons. The van der Waals surface area contributed by atoms with Crippen LogP contribution < -0.4 is 0 Å². The topological polar surface area (TPSA) is 37.3 Å². The van der Waals surface area contributed by atoms with Gasteiger partial charge in [0.05, 0.1) is 0 Å². The van der Waals surface area contributed by atoms with Gasteiger partial charge in [-0.15, -0.1) is 0 Å². The van der Waals surface area contributed by atoms with Crippen LogP contribution in [0.3, 0.4) is 0 Å². The number of benzene rings is 1. The first-order valence-electron chi connectivity index (χ1n) is 6.06. The molecular formula is C14H18O2. The molecule has 0 aromatic heterocycles. The number of ketones is 1. The van der Waals surface area contributed by atoms with Crippen molar-refractivity contribution in [1.29, 1.82) is 0 Å². The highest BCUT2D eigenvalue weighted by Gasteiger charge is 2.23. The summed E-state index contributed by atoms with van der Waals surface area (Å²) in [6.07, 6.45) is 4.73. The zero-order chi connectivity index (χ0) is 11.4. The maximum atomic E-state index is 12.0. The molecule has 0 amide bonds. The van der Waals surface area contributed by atoms with E-state index >= 15 is 0 Å². The van der Waals surface area contributed by atoms with Crippen LogP contribution in [0.15, 0.2) is 24.3 Å². The van der Waals surface area contributed by atoms with Gasteiger partial charge < -0.3 is 5.11 Å².